The highest BCUT2D eigenvalue weighted by Crippen LogP contribution is 2.26. The lowest BCUT2D eigenvalue weighted by Gasteiger charge is -2.12. The van der Waals surface area contributed by atoms with E-state index in [1.54, 1.807) is 14.2 Å². The molecule has 2 atom stereocenters. The van der Waals surface area contributed by atoms with Crippen LogP contribution in [0.5, 0.6) is 11.5 Å². The number of methoxy groups -OCH3 is 2. The van der Waals surface area contributed by atoms with Crippen molar-refractivity contribution in [1.29, 1.82) is 0 Å². The van der Waals surface area contributed by atoms with Crippen LogP contribution in [-0.2, 0) is 9.47 Å². The highest BCUT2D eigenvalue weighted by Gasteiger charge is 2.10. The summed E-state index contributed by atoms with van der Waals surface area (Å²) in [6.07, 6.45) is 11.5. The first kappa shape index (κ1) is 35.4. The SMILES string of the molecule is COCCCCCCCC(F)COc1ccc(-c2ccc(-c3ccc(OCC(F)CCCCCCCOC)cc3)nc2)cc1. The molecule has 0 amide bonds. The molecule has 1 heterocycles. The molecule has 0 saturated carbocycles. The fourth-order valence-corrected chi connectivity index (χ4v) is 5.03. The zero-order valence-corrected chi connectivity index (χ0v) is 26.7. The molecule has 0 bridgehead atoms. The van der Waals surface area contributed by atoms with Crippen molar-refractivity contribution < 1.29 is 27.7 Å². The summed E-state index contributed by atoms with van der Waals surface area (Å²) in [4.78, 5) is 4.64. The maximum absolute atomic E-state index is 14.2. The summed E-state index contributed by atoms with van der Waals surface area (Å²) in [6, 6.07) is 19.3. The Morgan fingerprint density at radius 1 is 0.523 bits per heavy atom. The Kier molecular flexibility index (Phi) is 17.4. The third-order valence-electron chi connectivity index (χ3n) is 7.69. The number of ether oxygens (including phenoxy) is 4. The first-order chi connectivity index (χ1) is 21.6. The third kappa shape index (κ3) is 14.2. The van der Waals surface area contributed by atoms with Crippen molar-refractivity contribution in [2.45, 2.75) is 89.4 Å². The molecular formula is C37H51F2NO4. The molecule has 0 aliphatic rings. The van der Waals surface area contributed by atoms with Crippen molar-refractivity contribution in [2.75, 3.05) is 40.6 Å². The van der Waals surface area contributed by atoms with Crippen LogP contribution in [0.3, 0.4) is 0 Å². The van der Waals surface area contributed by atoms with Crippen molar-refractivity contribution >= 4 is 0 Å². The highest BCUT2D eigenvalue weighted by atomic mass is 19.1. The molecule has 7 heteroatoms. The lowest BCUT2D eigenvalue weighted by atomic mass is 10.1. The minimum atomic E-state index is -0.958. The van der Waals surface area contributed by atoms with Crippen LogP contribution in [0, 0.1) is 0 Å². The molecule has 3 aromatic rings. The molecule has 242 valence electrons. The van der Waals surface area contributed by atoms with E-state index in [0.717, 1.165) is 99.8 Å². The Hall–Kier alpha value is -3.03. The van der Waals surface area contributed by atoms with E-state index in [1.165, 1.54) is 0 Å². The van der Waals surface area contributed by atoms with Gasteiger partial charge in [0.1, 0.15) is 37.1 Å². The number of rotatable bonds is 24. The van der Waals surface area contributed by atoms with Gasteiger partial charge in [-0.25, -0.2) is 8.78 Å². The molecule has 0 fully saturated rings. The number of aromatic nitrogens is 1. The Morgan fingerprint density at radius 3 is 1.41 bits per heavy atom. The fraction of sp³-hybridized carbons (Fsp3) is 0.541. The van der Waals surface area contributed by atoms with Gasteiger partial charge in [-0.2, -0.15) is 0 Å². The molecule has 0 aliphatic carbocycles. The van der Waals surface area contributed by atoms with Crippen LogP contribution in [0.4, 0.5) is 8.78 Å². The third-order valence-corrected chi connectivity index (χ3v) is 7.69. The van der Waals surface area contributed by atoms with Crippen molar-refractivity contribution in [3.63, 3.8) is 0 Å². The summed E-state index contributed by atoms with van der Waals surface area (Å²) < 4.78 is 49.9. The smallest absolute Gasteiger partial charge is 0.134 e. The first-order valence-electron chi connectivity index (χ1n) is 16.3. The van der Waals surface area contributed by atoms with Gasteiger partial charge in [-0.15, -0.1) is 0 Å². The summed E-state index contributed by atoms with van der Waals surface area (Å²) in [5.41, 5.74) is 3.80. The normalized spacial score (nSPS) is 12.6. The fourth-order valence-electron chi connectivity index (χ4n) is 5.03. The van der Waals surface area contributed by atoms with Gasteiger partial charge in [0, 0.05) is 44.8 Å². The lowest BCUT2D eigenvalue weighted by molar-refractivity contribution is 0.182. The minimum Gasteiger partial charge on any atom is -0.491 e. The van der Waals surface area contributed by atoms with E-state index in [-0.39, 0.29) is 13.2 Å². The molecule has 0 saturated heterocycles. The molecule has 0 aliphatic heterocycles. The van der Waals surface area contributed by atoms with Crippen LogP contribution in [0.25, 0.3) is 22.4 Å². The van der Waals surface area contributed by atoms with E-state index >= 15 is 0 Å². The maximum Gasteiger partial charge on any atom is 0.134 e. The highest BCUT2D eigenvalue weighted by molar-refractivity contribution is 5.67. The van der Waals surface area contributed by atoms with E-state index in [1.807, 2.05) is 66.9 Å². The number of hydrogen-bond donors (Lipinski definition) is 0. The van der Waals surface area contributed by atoms with Gasteiger partial charge in [-0.3, -0.25) is 4.98 Å². The number of alkyl halides is 2. The maximum atomic E-state index is 14.2. The van der Waals surface area contributed by atoms with E-state index in [4.69, 9.17) is 18.9 Å². The summed E-state index contributed by atoms with van der Waals surface area (Å²) in [5, 5.41) is 0. The predicted molar refractivity (Wildman–Crippen MR) is 175 cm³/mol. The van der Waals surface area contributed by atoms with Gasteiger partial charge in [-0.05, 0) is 73.7 Å². The summed E-state index contributed by atoms with van der Waals surface area (Å²) in [7, 11) is 3.44. The number of benzene rings is 2. The largest absolute Gasteiger partial charge is 0.491 e. The molecule has 44 heavy (non-hydrogen) atoms. The summed E-state index contributed by atoms with van der Waals surface area (Å²) in [6.45, 7) is 1.75. The second-order valence-corrected chi connectivity index (χ2v) is 11.4. The van der Waals surface area contributed by atoms with Crippen molar-refractivity contribution in [2.24, 2.45) is 0 Å². The van der Waals surface area contributed by atoms with Crippen LogP contribution < -0.4 is 9.47 Å². The van der Waals surface area contributed by atoms with Gasteiger partial charge in [0.2, 0.25) is 0 Å². The second kappa shape index (κ2) is 21.6. The topological polar surface area (TPSA) is 49.8 Å². The van der Waals surface area contributed by atoms with Crippen LogP contribution >= 0.6 is 0 Å². The molecule has 0 radical (unpaired) electrons. The molecule has 0 N–H and O–H groups in total. The summed E-state index contributed by atoms with van der Waals surface area (Å²) in [5.74, 6) is 1.32. The van der Waals surface area contributed by atoms with Gasteiger partial charge in [0.15, 0.2) is 0 Å². The van der Waals surface area contributed by atoms with Gasteiger partial charge < -0.3 is 18.9 Å². The molecule has 0 spiro atoms. The average molecular weight is 612 g/mol. The summed E-state index contributed by atoms with van der Waals surface area (Å²) >= 11 is 0. The Balaban J connectivity index is 1.35. The molecular weight excluding hydrogens is 560 g/mol. The van der Waals surface area contributed by atoms with Crippen LogP contribution in [0.1, 0.15) is 77.0 Å². The lowest BCUT2D eigenvalue weighted by Crippen LogP contribution is -2.12. The van der Waals surface area contributed by atoms with Crippen LogP contribution in [0.2, 0.25) is 0 Å². The molecule has 1 aromatic heterocycles. The predicted octanol–water partition coefficient (Wildman–Crippen LogP) is 9.82. The zero-order chi connectivity index (χ0) is 31.2. The van der Waals surface area contributed by atoms with Crippen LogP contribution in [0.15, 0.2) is 66.9 Å². The number of unbranched alkanes of at least 4 members (excludes halogenated alkanes) is 8. The van der Waals surface area contributed by atoms with E-state index in [0.29, 0.717) is 24.3 Å². The first-order valence-corrected chi connectivity index (χ1v) is 16.3. The number of halogens is 2. The van der Waals surface area contributed by atoms with E-state index in [2.05, 4.69) is 4.98 Å². The van der Waals surface area contributed by atoms with Crippen LogP contribution in [-0.4, -0.2) is 58.0 Å². The van der Waals surface area contributed by atoms with Gasteiger partial charge in [0.05, 0.1) is 5.69 Å². The molecule has 3 rings (SSSR count). The van der Waals surface area contributed by atoms with Gasteiger partial charge >= 0.3 is 0 Å². The second-order valence-electron chi connectivity index (χ2n) is 11.4. The molecule has 2 unspecified atom stereocenters. The van der Waals surface area contributed by atoms with Gasteiger partial charge in [0.25, 0.3) is 0 Å². The Morgan fingerprint density at radius 2 is 0.955 bits per heavy atom. The standard InChI is InChI=1S/C37H51F2NO4/c1-41-25-11-7-3-5-9-13-33(38)28-43-35-20-15-30(16-21-35)32-19-24-37(40-27-32)31-17-22-36(23-18-31)44-29-34(39)14-10-6-4-8-12-26-42-2/h15-24,27,33-34H,3-14,25-26,28-29H2,1-2H3. The quantitative estimate of drug-likeness (QED) is 0.0944. The van der Waals surface area contributed by atoms with Crippen molar-refractivity contribution in [1.82, 2.24) is 4.98 Å². The Bertz CT molecular complexity index is 1040. The number of pyridine rings is 1. The van der Waals surface area contributed by atoms with Crippen molar-refractivity contribution in [3.05, 3.63) is 66.9 Å². The van der Waals surface area contributed by atoms with Gasteiger partial charge in [-0.1, -0.05) is 69.6 Å². The average Bonchev–Trinajstić information content (AvgIpc) is 3.06. The molecule has 2 aromatic carbocycles. The van der Waals surface area contributed by atoms with E-state index in [9.17, 15) is 8.78 Å². The number of nitrogens with zero attached hydrogens (tertiary/aromatic N) is 1. The Labute approximate surface area is 263 Å². The van der Waals surface area contributed by atoms with E-state index < -0.39 is 12.3 Å². The minimum absolute atomic E-state index is 0.0736. The molecule has 5 nitrogen and oxygen atoms in total. The number of hydrogen-bond acceptors (Lipinski definition) is 5. The monoisotopic (exact) mass is 611 g/mol. The zero-order valence-electron chi connectivity index (χ0n) is 26.7. The van der Waals surface area contributed by atoms with Crippen molar-refractivity contribution in [3.8, 4) is 33.9 Å².